The molecule has 0 saturated heterocycles. The third-order valence-corrected chi connectivity index (χ3v) is 3.56. The average Bonchev–Trinajstić information content (AvgIpc) is 2.94. The first kappa shape index (κ1) is 15.6. The number of aryl methyl sites for hydroxylation is 1. The second-order valence-corrected chi connectivity index (χ2v) is 4.87. The topological polar surface area (TPSA) is 69.4 Å². The van der Waals surface area contributed by atoms with Gasteiger partial charge in [0.25, 0.3) is 0 Å². The third-order valence-electron chi connectivity index (χ3n) is 3.17. The summed E-state index contributed by atoms with van der Waals surface area (Å²) >= 11 is 6.32. The van der Waals surface area contributed by atoms with E-state index in [1.165, 1.54) is 20.4 Å². The lowest BCUT2D eigenvalue weighted by atomic mass is 10.1. The zero-order chi connectivity index (χ0) is 15.4. The van der Waals surface area contributed by atoms with Crippen LogP contribution in [0.25, 0.3) is 0 Å². The van der Waals surface area contributed by atoms with Crippen LogP contribution >= 0.6 is 11.6 Å². The number of aliphatic hydroxyl groups excluding tert-OH is 1. The summed E-state index contributed by atoms with van der Waals surface area (Å²) in [6, 6.07) is 3.41. The zero-order valence-electron chi connectivity index (χ0n) is 12.2. The first-order valence-corrected chi connectivity index (χ1v) is 6.98. The van der Waals surface area contributed by atoms with Gasteiger partial charge in [-0.2, -0.15) is 0 Å². The lowest BCUT2D eigenvalue weighted by Gasteiger charge is -2.17. The second kappa shape index (κ2) is 6.78. The van der Waals surface area contributed by atoms with Gasteiger partial charge in [0.15, 0.2) is 11.5 Å². The third kappa shape index (κ3) is 2.96. The van der Waals surface area contributed by atoms with Crippen molar-refractivity contribution in [3.63, 3.8) is 0 Å². The number of hydrogen-bond donors (Lipinski definition) is 1. The summed E-state index contributed by atoms with van der Waals surface area (Å²) in [5.74, 6) is 0.906. The van der Waals surface area contributed by atoms with E-state index in [-0.39, 0.29) is 0 Å². The molecule has 0 bridgehead atoms. The van der Waals surface area contributed by atoms with E-state index in [9.17, 15) is 5.11 Å². The second-order valence-electron chi connectivity index (χ2n) is 4.49. The van der Waals surface area contributed by atoms with Gasteiger partial charge < -0.3 is 14.6 Å². The molecule has 0 spiro atoms. The molecule has 0 radical (unpaired) electrons. The van der Waals surface area contributed by atoms with Crippen molar-refractivity contribution in [3.8, 4) is 11.5 Å². The van der Waals surface area contributed by atoms with E-state index in [1.54, 1.807) is 16.8 Å². The molecule has 114 valence electrons. The highest BCUT2D eigenvalue weighted by Crippen LogP contribution is 2.40. The van der Waals surface area contributed by atoms with Crippen LogP contribution in [0.5, 0.6) is 11.5 Å². The van der Waals surface area contributed by atoms with Gasteiger partial charge in [0.05, 0.1) is 31.1 Å². The van der Waals surface area contributed by atoms with Crippen LogP contribution in [0, 0.1) is 0 Å². The van der Waals surface area contributed by atoms with E-state index in [2.05, 4.69) is 10.3 Å². The lowest BCUT2D eigenvalue weighted by molar-refractivity contribution is 0.206. The SMILES string of the molecule is CCCn1nncc1C(O)c1ccc(OC)c(OC)c1Cl. The molecule has 0 aliphatic heterocycles. The molecule has 2 aromatic rings. The summed E-state index contributed by atoms with van der Waals surface area (Å²) in [4.78, 5) is 0. The summed E-state index contributed by atoms with van der Waals surface area (Å²) < 4.78 is 12.1. The van der Waals surface area contributed by atoms with Crippen LogP contribution in [0.3, 0.4) is 0 Å². The van der Waals surface area contributed by atoms with Crippen LogP contribution < -0.4 is 9.47 Å². The Labute approximate surface area is 128 Å². The van der Waals surface area contributed by atoms with Gasteiger partial charge in [-0.3, -0.25) is 0 Å². The van der Waals surface area contributed by atoms with Crippen LogP contribution in [0.2, 0.25) is 5.02 Å². The zero-order valence-corrected chi connectivity index (χ0v) is 13.0. The van der Waals surface area contributed by atoms with Crippen molar-refractivity contribution in [3.05, 3.63) is 34.6 Å². The summed E-state index contributed by atoms with van der Waals surface area (Å²) in [5, 5.41) is 18.7. The maximum atomic E-state index is 10.6. The molecule has 1 unspecified atom stereocenters. The van der Waals surface area contributed by atoms with E-state index in [0.717, 1.165) is 6.42 Å². The average molecular weight is 312 g/mol. The Morgan fingerprint density at radius 3 is 2.71 bits per heavy atom. The fraction of sp³-hybridized carbons (Fsp3) is 0.429. The highest BCUT2D eigenvalue weighted by Gasteiger charge is 2.22. The van der Waals surface area contributed by atoms with E-state index >= 15 is 0 Å². The summed E-state index contributed by atoms with van der Waals surface area (Å²) in [6.45, 7) is 2.71. The number of rotatable bonds is 6. The Hall–Kier alpha value is -1.79. The number of methoxy groups -OCH3 is 2. The van der Waals surface area contributed by atoms with Crippen LogP contribution in [0.15, 0.2) is 18.3 Å². The molecule has 1 N–H and O–H groups in total. The van der Waals surface area contributed by atoms with Gasteiger partial charge in [-0.25, -0.2) is 4.68 Å². The van der Waals surface area contributed by atoms with Crippen LogP contribution in [-0.4, -0.2) is 34.3 Å². The van der Waals surface area contributed by atoms with Crippen LogP contribution in [-0.2, 0) is 6.54 Å². The van der Waals surface area contributed by atoms with Gasteiger partial charge in [0.1, 0.15) is 6.10 Å². The fourth-order valence-electron chi connectivity index (χ4n) is 2.14. The quantitative estimate of drug-likeness (QED) is 0.887. The molecular formula is C14H18ClN3O3. The van der Waals surface area contributed by atoms with Crippen molar-refractivity contribution in [1.29, 1.82) is 0 Å². The molecule has 0 saturated carbocycles. The molecule has 6 nitrogen and oxygen atoms in total. The Morgan fingerprint density at radius 1 is 1.33 bits per heavy atom. The predicted molar refractivity (Wildman–Crippen MR) is 78.9 cm³/mol. The minimum atomic E-state index is -0.932. The van der Waals surface area contributed by atoms with Crippen LogP contribution in [0.1, 0.15) is 30.7 Å². The van der Waals surface area contributed by atoms with Crippen LogP contribution in [0.4, 0.5) is 0 Å². The monoisotopic (exact) mass is 311 g/mol. The molecule has 7 heteroatoms. The van der Waals surface area contributed by atoms with Gasteiger partial charge in [0.2, 0.25) is 0 Å². The predicted octanol–water partition coefficient (Wildman–Crippen LogP) is 2.44. The Morgan fingerprint density at radius 2 is 2.10 bits per heavy atom. The highest BCUT2D eigenvalue weighted by atomic mass is 35.5. The first-order chi connectivity index (χ1) is 10.1. The molecule has 0 fully saturated rings. The fourth-order valence-corrected chi connectivity index (χ4v) is 2.47. The van der Waals surface area contributed by atoms with Crippen molar-refractivity contribution in [2.45, 2.75) is 26.0 Å². The largest absolute Gasteiger partial charge is 0.493 e. The Kier molecular flexibility index (Phi) is 5.03. The van der Waals surface area contributed by atoms with Crippen molar-refractivity contribution >= 4 is 11.6 Å². The smallest absolute Gasteiger partial charge is 0.179 e. The number of ether oxygens (including phenoxy) is 2. The molecule has 21 heavy (non-hydrogen) atoms. The number of halogens is 1. The summed E-state index contributed by atoms with van der Waals surface area (Å²) in [6.07, 6.45) is 1.50. The van der Waals surface area contributed by atoms with Gasteiger partial charge in [0, 0.05) is 12.1 Å². The van der Waals surface area contributed by atoms with E-state index in [4.69, 9.17) is 21.1 Å². The van der Waals surface area contributed by atoms with Crippen molar-refractivity contribution in [1.82, 2.24) is 15.0 Å². The van der Waals surface area contributed by atoms with E-state index in [1.807, 2.05) is 6.92 Å². The van der Waals surface area contributed by atoms with Gasteiger partial charge in [-0.05, 0) is 12.5 Å². The molecule has 0 aliphatic carbocycles. The molecular weight excluding hydrogens is 294 g/mol. The van der Waals surface area contributed by atoms with Gasteiger partial charge in [-0.15, -0.1) is 5.10 Å². The summed E-state index contributed by atoms with van der Waals surface area (Å²) in [7, 11) is 3.04. The van der Waals surface area contributed by atoms with Gasteiger partial charge >= 0.3 is 0 Å². The molecule has 1 atom stereocenters. The first-order valence-electron chi connectivity index (χ1n) is 6.60. The number of benzene rings is 1. The summed E-state index contributed by atoms with van der Waals surface area (Å²) in [5.41, 5.74) is 1.11. The molecule has 1 heterocycles. The lowest BCUT2D eigenvalue weighted by Crippen LogP contribution is -2.11. The van der Waals surface area contributed by atoms with Crippen molar-refractivity contribution < 1.29 is 14.6 Å². The number of aliphatic hydroxyl groups is 1. The number of aromatic nitrogens is 3. The van der Waals surface area contributed by atoms with Crippen molar-refractivity contribution in [2.75, 3.05) is 14.2 Å². The molecule has 1 aromatic carbocycles. The standard InChI is InChI=1S/C14H18ClN3O3/c1-4-7-18-10(8-16-17-18)13(19)9-5-6-11(20-2)14(21-3)12(9)15/h5-6,8,13,19H,4,7H2,1-3H3. The molecule has 2 rings (SSSR count). The van der Waals surface area contributed by atoms with E-state index < -0.39 is 6.10 Å². The Bertz CT molecular complexity index is 616. The van der Waals surface area contributed by atoms with E-state index in [0.29, 0.717) is 34.3 Å². The molecule has 0 amide bonds. The number of hydrogen-bond acceptors (Lipinski definition) is 5. The minimum absolute atomic E-state index is 0.314. The van der Waals surface area contributed by atoms with Gasteiger partial charge in [-0.1, -0.05) is 29.8 Å². The maximum Gasteiger partial charge on any atom is 0.179 e. The Balaban J connectivity index is 2.43. The number of nitrogens with zero attached hydrogens (tertiary/aromatic N) is 3. The minimum Gasteiger partial charge on any atom is -0.493 e. The normalized spacial score (nSPS) is 12.2. The molecule has 0 aliphatic rings. The highest BCUT2D eigenvalue weighted by molar-refractivity contribution is 6.33. The maximum absolute atomic E-state index is 10.6. The molecule has 1 aromatic heterocycles. The van der Waals surface area contributed by atoms with Crippen molar-refractivity contribution in [2.24, 2.45) is 0 Å².